The van der Waals surface area contributed by atoms with Crippen molar-refractivity contribution in [2.45, 2.75) is 0 Å². The van der Waals surface area contributed by atoms with Crippen LogP contribution in [0, 0.1) is 0 Å². The van der Waals surface area contributed by atoms with Crippen LogP contribution in [0.3, 0.4) is 0 Å². The second kappa shape index (κ2) is 8.70. The van der Waals surface area contributed by atoms with Crippen molar-refractivity contribution in [3.63, 3.8) is 0 Å². The molecular weight excluding hydrogens is 551 g/mol. The van der Waals surface area contributed by atoms with Crippen LogP contribution in [0.4, 0.5) is 0 Å². The van der Waals surface area contributed by atoms with E-state index in [1.54, 1.807) is 36.4 Å². The van der Waals surface area contributed by atoms with Crippen molar-refractivity contribution in [2.75, 3.05) is 0 Å². The molecule has 7 nitrogen and oxygen atoms in total. The molecule has 0 fully saturated rings. The van der Waals surface area contributed by atoms with Gasteiger partial charge in [0.25, 0.3) is 0 Å². The Morgan fingerprint density at radius 3 is 2.24 bits per heavy atom. The first-order valence-electron chi connectivity index (χ1n) is 8.30. The maximum absolute atomic E-state index is 13.1. The average Bonchev–Trinajstić information content (AvgIpc) is 3.14. The summed E-state index contributed by atoms with van der Waals surface area (Å²) >= 11 is 3.38. The molecular formula is C20H14BrIN4O3. The van der Waals surface area contributed by atoms with E-state index in [0.717, 1.165) is 9.27 Å². The minimum absolute atomic E-state index is 0. The number of aromatic nitrogens is 4. The number of carbonyl (C=O) groups excluding carboxylic acids is 1. The minimum Gasteiger partial charge on any atom is -1.00 e. The van der Waals surface area contributed by atoms with E-state index in [-0.39, 0.29) is 41.0 Å². The number of halogens is 2. The number of carbonyl (C=O) groups is 1. The lowest BCUT2D eigenvalue weighted by Gasteiger charge is -2.01. The molecule has 2 N–H and O–H groups in total. The fourth-order valence-electron chi connectivity index (χ4n) is 2.65. The Balaban J connectivity index is 0.00000240. The van der Waals surface area contributed by atoms with Crippen molar-refractivity contribution in [3.8, 4) is 28.6 Å². The molecule has 0 bridgehead atoms. The van der Waals surface area contributed by atoms with Crippen LogP contribution in [-0.2, 0) is 0 Å². The van der Waals surface area contributed by atoms with Crippen molar-refractivity contribution in [3.05, 3.63) is 82.8 Å². The van der Waals surface area contributed by atoms with Gasteiger partial charge >= 0.3 is 11.7 Å². The Hall–Kier alpha value is -2.79. The van der Waals surface area contributed by atoms with Gasteiger partial charge in [0.1, 0.15) is 11.5 Å². The zero-order valence-electron chi connectivity index (χ0n) is 14.8. The summed E-state index contributed by atoms with van der Waals surface area (Å²) in [5, 5.41) is 28.4. The number of para-hydroxylation sites is 1. The van der Waals surface area contributed by atoms with Gasteiger partial charge < -0.3 is 34.2 Å². The Labute approximate surface area is 191 Å². The molecule has 0 aliphatic carbocycles. The highest BCUT2D eigenvalue weighted by Crippen LogP contribution is 2.20. The van der Waals surface area contributed by atoms with E-state index in [4.69, 9.17) is 0 Å². The summed E-state index contributed by atoms with van der Waals surface area (Å²) in [5.41, 5.74) is 1.35. The Morgan fingerprint density at radius 2 is 1.59 bits per heavy atom. The largest absolute Gasteiger partial charge is 1.00 e. The SMILES string of the molecule is O=C(c1ccccc1O)n1nc(-c2ccc(O)cc2)n[n+]1-c1ccc(Br)cc1.[I-]. The number of nitrogens with zero attached hydrogens (tertiary/aromatic N) is 4. The summed E-state index contributed by atoms with van der Waals surface area (Å²) < 4.78 is 0.883. The molecule has 0 spiro atoms. The monoisotopic (exact) mass is 564 g/mol. The van der Waals surface area contributed by atoms with Gasteiger partial charge in [-0.15, -0.1) is 0 Å². The van der Waals surface area contributed by atoms with E-state index in [9.17, 15) is 15.0 Å². The van der Waals surface area contributed by atoms with Gasteiger partial charge in [-0.1, -0.05) is 28.1 Å². The molecule has 3 aromatic carbocycles. The van der Waals surface area contributed by atoms with E-state index in [1.807, 2.05) is 12.1 Å². The second-order valence-electron chi connectivity index (χ2n) is 5.95. The molecule has 0 radical (unpaired) electrons. The van der Waals surface area contributed by atoms with E-state index in [2.05, 4.69) is 26.1 Å². The molecule has 29 heavy (non-hydrogen) atoms. The van der Waals surface area contributed by atoms with Gasteiger partial charge in [-0.3, -0.25) is 4.79 Å². The lowest BCUT2D eigenvalue weighted by Crippen LogP contribution is -3.00. The van der Waals surface area contributed by atoms with Crippen LogP contribution in [0.1, 0.15) is 10.4 Å². The number of aromatic hydroxyl groups is 2. The zero-order chi connectivity index (χ0) is 19.7. The second-order valence-corrected chi connectivity index (χ2v) is 6.86. The highest BCUT2D eigenvalue weighted by Gasteiger charge is 2.29. The molecule has 146 valence electrons. The molecule has 0 amide bonds. The van der Waals surface area contributed by atoms with Gasteiger partial charge in [0, 0.05) is 4.47 Å². The van der Waals surface area contributed by atoms with Crippen LogP contribution >= 0.6 is 15.9 Å². The molecule has 9 heteroatoms. The number of tetrazole rings is 1. The maximum atomic E-state index is 13.1. The fourth-order valence-corrected chi connectivity index (χ4v) is 2.91. The van der Waals surface area contributed by atoms with Gasteiger partial charge in [-0.05, 0) is 70.6 Å². The Morgan fingerprint density at radius 1 is 0.931 bits per heavy atom. The highest BCUT2D eigenvalue weighted by atomic mass is 127. The number of rotatable bonds is 3. The lowest BCUT2D eigenvalue weighted by molar-refractivity contribution is -0.732. The number of benzene rings is 3. The first-order valence-corrected chi connectivity index (χ1v) is 9.10. The van der Waals surface area contributed by atoms with Gasteiger partial charge in [-0.25, -0.2) is 0 Å². The third-order valence-corrected chi connectivity index (χ3v) is 4.59. The predicted molar refractivity (Wildman–Crippen MR) is 104 cm³/mol. The topological polar surface area (TPSA) is 92.1 Å². The molecule has 0 atom stereocenters. The number of phenolic OH excluding ortho intramolecular Hbond substituents is 2. The van der Waals surface area contributed by atoms with Crippen LogP contribution in [0.15, 0.2) is 77.3 Å². The third kappa shape index (κ3) is 4.30. The number of phenols is 2. The van der Waals surface area contributed by atoms with Crippen LogP contribution in [-0.4, -0.2) is 31.1 Å². The normalized spacial score (nSPS) is 10.4. The number of hydrogen-bond acceptors (Lipinski definition) is 5. The van der Waals surface area contributed by atoms with Crippen molar-refractivity contribution in [1.29, 1.82) is 0 Å². The van der Waals surface area contributed by atoms with Gasteiger partial charge in [-0.2, -0.15) is 0 Å². The van der Waals surface area contributed by atoms with Gasteiger partial charge in [0.05, 0.1) is 21.0 Å². The summed E-state index contributed by atoms with van der Waals surface area (Å²) in [4.78, 5) is 15.5. The van der Waals surface area contributed by atoms with E-state index in [1.165, 1.54) is 29.1 Å². The zero-order valence-corrected chi connectivity index (χ0v) is 18.5. The van der Waals surface area contributed by atoms with Crippen molar-refractivity contribution in [1.82, 2.24) is 15.0 Å². The summed E-state index contributed by atoms with van der Waals surface area (Å²) in [7, 11) is 0. The molecule has 4 aromatic rings. The molecule has 0 aliphatic rings. The first kappa shape index (κ1) is 20.9. The number of hydrogen-bond donors (Lipinski definition) is 2. The first-order chi connectivity index (χ1) is 13.5. The van der Waals surface area contributed by atoms with E-state index >= 15 is 0 Å². The highest BCUT2D eigenvalue weighted by molar-refractivity contribution is 9.10. The van der Waals surface area contributed by atoms with Gasteiger partial charge in [0.15, 0.2) is 5.69 Å². The van der Waals surface area contributed by atoms with Crippen molar-refractivity contribution < 1.29 is 43.8 Å². The van der Waals surface area contributed by atoms with Crippen LogP contribution < -0.4 is 28.8 Å². The molecule has 0 unspecified atom stereocenters. The van der Waals surface area contributed by atoms with Crippen LogP contribution in [0.5, 0.6) is 11.5 Å². The molecule has 1 heterocycles. The molecule has 0 saturated carbocycles. The summed E-state index contributed by atoms with van der Waals surface area (Å²) in [6.45, 7) is 0. The fraction of sp³-hybridized carbons (Fsp3) is 0. The average molecular weight is 565 g/mol. The molecule has 4 rings (SSSR count). The summed E-state index contributed by atoms with van der Waals surface area (Å²) in [6, 6.07) is 19.8. The quantitative estimate of drug-likeness (QED) is 0.272. The Bertz CT molecular complexity index is 1160. The minimum atomic E-state index is -0.529. The summed E-state index contributed by atoms with van der Waals surface area (Å²) in [6.07, 6.45) is 0. The molecule has 1 aromatic heterocycles. The van der Waals surface area contributed by atoms with Crippen LogP contribution in [0.25, 0.3) is 17.1 Å². The van der Waals surface area contributed by atoms with Crippen molar-refractivity contribution >= 4 is 21.8 Å². The predicted octanol–water partition coefficient (Wildman–Crippen LogP) is 0.0880. The van der Waals surface area contributed by atoms with E-state index in [0.29, 0.717) is 17.1 Å². The van der Waals surface area contributed by atoms with Gasteiger partial charge in [0.2, 0.25) is 0 Å². The maximum Gasteiger partial charge on any atom is 0.343 e. The summed E-state index contributed by atoms with van der Waals surface area (Å²) in [5.74, 6) is -0.254. The van der Waals surface area contributed by atoms with Crippen LogP contribution in [0.2, 0.25) is 0 Å². The lowest BCUT2D eigenvalue weighted by atomic mass is 10.2. The van der Waals surface area contributed by atoms with Crippen molar-refractivity contribution in [2.24, 2.45) is 0 Å². The smallest absolute Gasteiger partial charge is 0.343 e. The van der Waals surface area contributed by atoms with E-state index < -0.39 is 5.91 Å². The molecule has 0 saturated heterocycles. The third-order valence-electron chi connectivity index (χ3n) is 4.06. The standard InChI is InChI=1S/C20H13BrN4O3.HI/c21-14-7-9-15(10-8-14)24-22-19(13-5-11-16(26)12-6-13)23-25(24)20(28)17-3-1-2-4-18(17)27;/h1-12H,(H-,22,23,26,27,28);1H. The Kier molecular flexibility index (Phi) is 6.28. The molecule has 0 aliphatic heterocycles.